The Labute approximate surface area is 87.9 Å². The molecule has 0 aliphatic rings. The summed E-state index contributed by atoms with van der Waals surface area (Å²) < 4.78 is 1.11. The van der Waals surface area contributed by atoms with Gasteiger partial charge in [-0.15, -0.1) is 0 Å². The van der Waals surface area contributed by atoms with Gasteiger partial charge < -0.3 is 5.11 Å². The van der Waals surface area contributed by atoms with E-state index in [1.807, 2.05) is 13.0 Å². The van der Waals surface area contributed by atoms with Crippen molar-refractivity contribution >= 4 is 15.9 Å². The van der Waals surface area contributed by atoms with Crippen LogP contribution in [0.2, 0.25) is 0 Å². The molecule has 1 nitrogen and oxygen atoms in total. The van der Waals surface area contributed by atoms with Crippen LogP contribution in [0.1, 0.15) is 24.5 Å². The van der Waals surface area contributed by atoms with Crippen molar-refractivity contribution in [3.63, 3.8) is 0 Å². The van der Waals surface area contributed by atoms with E-state index in [9.17, 15) is 0 Å². The smallest absolute Gasteiger partial charge is 0.0515 e. The molecule has 0 heterocycles. The van der Waals surface area contributed by atoms with Gasteiger partial charge in [-0.25, -0.2) is 0 Å². The molecule has 0 saturated heterocycles. The van der Waals surface area contributed by atoms with Crippen LogP contribution < -0.4 is 0 Å². The summed E-state index contributed by atoms with van der Waals surface area (Å²) in [5, 5.41) is 9.16. The lowest BCUT2D eigenvalue weighted by molar-refractivity contribution is 0.185. The summed E-state index contributed by atoms with van der Waals surface area (Å²) >= 11 is 3.44. The maximum atomic E-state index is 9.16. The van der Waals surface area contributed by atoms with Gasteiger partial charge in [-0.05, 0) is 49.9 Å². The summed E-state index contributed by atoms with van der Waals surface area (Å²) in [4.78, 5) is 0. The topological polar surface area (TPSA) is 20.2 Å². The number of halogens is 1. The van der Waals surface area contributed by atoms with E-state index in [4.69, 9.17) is 5.11 Å². The summed E-state index contributed by atoms with van der Waals surface area (Å²) in [5.41, 5.74) is 2.61. The molecule has 0 saturated carbocycles. The second kappa shape index (κ2) is 4.77. The Morgan fingerprint density at radius 2 is 2.15 bits per heavy atom. The van der Waals surface area contributed by atoms with Gasteiger partial charge in [-0.1, -0.05) is 22.0 Å². The fraction of sp³-hybridized carbons (Fsp3) is 0.455. The van der Waals surface area contributed by atoms with E-state index in [0.29, 0.717) is 0 Å². The van der Waals surface area contributed by atoms with E-state index >= 15 is 0 Å². The van der Waals surface area contributed by atoms with Crippen LogP contribution in [0.3, 0.4) is 0 Å². The molecule has 0 unspecified atom stereocenters. The van der Waals surface area contributed by atoms with E-state index in [-0.39, 0.29) is 6.10 Å². The van der Waals surface area contributed by atoms with Crippen LogP contribution in [0.4, 0.5) is 0 Å². The number of aliphatic hydroxyl groups is 1. The van der Waals surface area contributed by atoms with E-state index in [2.05, 4.69) is 35.0 Å². The normalized spacial score (nSPS) is 12.9. The van der Waals surface area contributed by atoms with Crippen molar-refractivity contribution < 1.29 is 5.11 Å². The van der Waals surface area contributed by atoms with Crippen LogP contribution in [0.25, 0.3) is 0 Å². The highest BCUT2D eigenvalue weighted by Crippen LogP contribution is 2.17. The molecule has 1 N–H and O–H groups in total. The number of rotatable bonds is 3. The lowest BCUT2D eigenvalue weighted by atomic mass is 10.0. The molecule has 0 radical (unpaired) electrons. The lowest BCUT2D eigenvalue weighted by Crippen LogP contribution is -2.02. The molecule has 0 spiro atoms. The molecular formula is C11H15BrO. The molecule has 1 atom stereocenters. The number of aryl methyl sites for hydroxylation is 2. The van der Waals surface area contributed by atoms with Crippen LogP contribution >= 0.6 is 15.9 Å². The van der Waals surface area contributed by atoms with E-state index in [0.717, 1.165) is 17.3 Å². The minimum atomic E-state index is -0.210. The highest BCUT2D eigenvalue weighted by atomic mass is 79.9. The Hall–Kier alpha value is -0.340. The molecule has 0 bridgehead atoms. The minimum Gasteiger partial charge on any atom is -0.393 e. The van der Waals surface area contributed by atoms with Crippen molar-refractivity contribution in [3.05, 3.63) is 33.8 Å². The van der Waals surface area contributed by atoms with Crippen LogP contribution in [-0.2, 0) is 6.42 Å². The first-order valence-corrected chi connectivity index (χ1v) is 5.32. The largest absolute Gasteiger partial charge is 0.393 e. The van der Waals surface area contributed by atoms with Crippen LogP contribution in [0.15, 0.2) is 22.7 Å². The summed E-state index contributed by atoms with van der Waals surface area (Å²) in [7, 11) is 0. The summed E-state index contributed by atoms with van der Waals surface area (Å²) in [6.07, 6.45) is 1.57. The number of hydrogen-bond donors (Lipinski definition) is 1. The number of hydrogen-bond acceptors (Lipinski definition) is 1. The van der Waals surface area contributed by atoms with Gasteiger partial charge >= 0.3 is 0 Å². The van der Waals surface area contributed by atoms with E-state index < -0.39 is 0 Å². The SMILES string of the molecule is Cc1ccc(Br)cc1CC[C@H](C)O. The molecule has 72 valence electrons. The molecule has 0 amide bonds. The third-order valence-electron chi connectivity index (χ3n) is 2.14. The Morgan fingerprint density at radius 3 is 2.77 bits per heavy atom. The molecule has 0 fully saturated rings. The van der Waals surface area contributed by atoms with Gasteiger partial charge in [0.2, 0.25) is 0 Å². The third-order valence-corrected chi connectivity index (χ3v) is 2.64. The zero-order valence-electron chi connectivity index (χ0n) is 8.05. The van der Waals surface area contributed by atoms with Gasteiger partial charge in [0, 0.05) is 4.47 Å². The van der Waals surface area contributed by atoms with E-state index in [1.165, 1.54) is 11.1 Å². The standard InChI is InChI=1S/C11H15BrO/c1-8-3-6-11(12)7-10(8)5-4-9(2)13/h3,6-7,9,13H,4-5H2,1-2H3/t9-/m0/s1. The van der Waals surface area contributed by atoms with Crippen LogP contribution in [-0.4, -0.2) is 11.2 Å². The molecule has 1 aromatic rings. The van der Waals surface area contributed by atoms with Gasteiger partial charge in [0.15, 0.2) is 0 Å². The highest BCUT2D eigenvalue weighted by molar-refractivity contribution is 9.10. The van der Waals surface area contributed by atoms with Crippen molar-refractivity contribution in [3.8, 4) is 0 Å². The maximum Gasteiger partial charge on any atom is 0.0515 e. The molecule has 0 aromatic heterocycles. The first-order chi connectivity index (χ1) is 6.09. The summed E-state index contributed by atoms with van der Waals surface area (Å²) in [5.74, 6) is 0. The maximum absolute atomic E-state index is 9.16. The quantitative estimate of drug-likeness (QED) is 0.864. The molecular weight excluding hydrogens is 228 g/mol. The van der Waals surface area contributed by atoms with E-state index in [1.54, 1.807) is 0 Å². The zero-order valence-corrected chi connectivity index (χ0v) is 9.63. The molecule has 0 aliphatic heterocycles. The van der Waals surface area contributed by atoms with Crippen molar-refractivity contribution in [2.24, 2.45) is 0 Å². The third kappa shape index (κ3) is 3.49. The zero-order chi connectivity index (χ0) is 9.84. The first kappa shape index (κ1) is 10.7. The Bertz CT molecular complexity index is 281. The monoisotopic (exact) mass is 242 g/mol. The summed E-state index contributed by atoms with van der Waals surface area (Å²) in [6.45, 7) is 3.93. The van der Waals surface area contributed by atoms with Gasteiger partial charge in [0.05, 0.1) is 6.10 Å². The Kier molecular flexibility index (Phi) is 3.94. The second-order valence-electron chi connectivity index (χ2n) is 3.46. The molecule has 0 aliphatic carbocycles. The average molecular weight is 243 g/mol. The Balaban J connectivity index is 2.70. The molecule has 13 heavy (non-hydrogen) atoms. The molecule has 2 heteroatoms. The fourth-order valence-corrected chi connectivity index (χ4v) is 1.68. The molecule has 1 rings (SSSR count). The van der Waals surface area contributed by atoms with Crippen molar-refractivity contribution in [1.29, 1.82) is 0 Å². The average Bonchev–Trinajstić information content (AvgIpc) is 2.06. The Morgan fingerprint density at radius 1 is 1.46 bits per heavy atom. The first-order valence-electron chi connectivity index (χ1n) is 4.52. The molecule has 1 aromatic carbocycles. The van der Waals surface area contributed by atoms with Gasteiger partial charge in [0.1, 0.15) is 0 Å². The summed E-state index contributed by atoms with van der Waals surface area (Å²) in [6, 6.07) is 6.26. The predicted octanol–water partition coefficient (Wildman–Crippen LogP) is 3.07. The lowest BCUT2D eigenvalue weighted by Gasteiger charge is -2.07. The fourth-order valence-electron chi connectivity index (χ4n) is 1.27. The van der Waals surface area contributed by atoms with Crippen molar-refractivity contribution in [1.82, 2.24) is 0 Å². The highest BCUT2D eigenvalue weighted by Gasteiger charge is 2.01. The number of aliphatic hydroxyl groups excluding tert-OH is 1. The second-order valence-corrected chi connectivity index (χ2v) is 4.37. The van der Waals surface area contributed by atoms with Gasteiger partial charge in [-0.2, -0.15) is 0 Å². The minimum absolute atomic E-state index is 0.210. The number of benzene rings is 1. The van der Waals surface area contributed by atoms with Crippen molar-refractivity contribution in [2.45, 2.75) is 32.8 Å². The van der Waals surface area contributed by atoms with Crippen molar-refractivity contribution in [2.75, 3.05) is 0 Å². The van der Waals surface area contributed by atoms with Gasteiger partial charge in [0.25, 0.3) is 0 Å². The van der Waals surface area contributed by atoms with Crippen LogP contribution in [0.5, 0.6) is 0 Å². The van der Waals surface area contributed by atoms with Gasteiger partial charge in [-0.3, -0.25) is 0 Å². The predicted molar refractivity (Wildman–Crippen MR) is 58.9 cm³/mol. The van der Waals surface area contributed by atoms with Crippen LogP contribution in [0, 0.1) is 6.92 Å².